The van der Waals surface area contributed by atoms with Crippen molar-refractivity contribution in [2.45, 2.75) is 18.7 Å². The number of sulfonamides is 1. The van der Waals surface area contributed by atoms with Gasteiger partial charge >= 0.3 is 0 Å². The molecule has 1 amide bonds. The lowest BCUT2D eigenvalue weighted by molar-refractivity contribution is -0.125. The number of hydrogen-bond acceptors (Lipinski definition) is 4. The first-order valence-electron chi connectivity index (χ1n) is 5.49. The van der Waals surface area contributed by atoms with Crippen LogP contribution in [0.15, 0.2) is 29.2 Å². The molecule has 0 aromatic heterocycles. The lowest BCUT2D eigenvalue weighted by atomic mass is 9.93. The fourth-order valence-corrected chi connectivity index (χ4v) is 2.60. The van der Waals surface area contributed by atoms with E-state index in [2.05, 4.69) is 4.72 Å². The van der Waals surface area contributed by atoms with Crippen LogP contribution in [0.3, 0.4) is 0 Å². The number of nitriles is 1. The molecule has 0 unspecified atom stereocenters. The first-order valence-corrected chi connectivity index (χ1v) is 6.98. The second kappa shape index (κ2) is 5.38. The molecule has 3 N–H and O–H groups in total. The first kappa shape index (κ1) is 15.1. The van der Waals surface area contributed by atoms with Crippen LogP contribution in [0.4, 0.5) is 0 Å². The summed E-state index contributed by atoms with van der Waals surface area (Å²) in [6.45, 7) is 2.94. The van der Waals surface area contributed by atoms with Gasteiger partial charge in [-0.1, -0.05) is 12.1 Å². The highest BCUT2D eigenvalue weighted by Crippen LogP contribution is 2.17. The molecule has 0 heterocycles. The summed E-state index contributed by atoms with van der Waals surface area (Å²) in [5.74, 6) is -0.608. The maximum absolute atomic E-state index is 12.1. The summed E-state index contributed by atoms with van der Waals surface area (Å²) in [4.78, 5) is 11.0. The molecule has 1 aromatic carbocycles. The minimum absolute atomic E-state index is 0.0480. The minimum atomic E-state index is -3.85. The first-order chi connectivity index (χ1) is 8.70. The molecule has 19 heavy (non-hydrogen) atoms. The summed E-state index contributed by atoms with van der Waals surface area (Å²) in [6, 6.07) is 7.65. The SMILES string of the molecule is CC(C)(CNS(=O)(=O)c1ccccc1C#N)C(N)=O. The van der Waals surface area contributed by atoms with E-state index in [1.54, 1.807) is 6.07 Å². The van der Waals surface area contributed by atoms with Crippen molar-refractivity contribution in [2.75, 3.05) is 6.54 Å². The summed E-state index contributed by atoms with van der Waals surface area (Å²) in [5, 5.41) is 8.88. The molecule has 0 saturated carbocycles. The summed E-state index contributed by atoms with van der Waals surface area (Å²) in [5.41, 5.74) is 4.21. The predicted molar refractivity (Wildman–Crippen MR) is 69.3 cm³/mol. The molecule has 0 spiro atoms. The Kier molecular flexibility index (Phi) is 4.29. The molecule has 0 atom stereocenters. The van der Waals surface area contributed by atoms with Gasteiger partial charge in [-0.2, -0.15) is 5.26 Å². The Balaban J connectivity index is 3.01. The second-order valence-corrected chi connectivity index (χ2v) is 6.42. The molecule has 6 nitrogen and oxygen atoms in total. The molecule has 0 bridgehead atoms. The Labute approximate surface area is 112 Å². The molecule has 0 aliphatic heterocycles. The van der Waals surface area contributed by atoms with Crippen LogP contribution in [0.25, 0.3) is 0 Å². The van der Waals surface area contributed by atoms with Crippen molar-refractivity contribution in [2.24, 2.45) is 11.1 Å². The summed E-state index contributed by atoms with van der Waals surface area (Å²) < 4.78 is 26.4. The number of nitrogens with two attached hydrogens (primary N) is 1. The average molecular weight is 281 g/mol. The van der Waals surface area contributed by atoms with Crippen LogP contribution in [0.5, 0.6) is 0 Å². The van der Waals surface area contributed by atoms with E-state index in [4.69, 9.17) is 11.0 Å². The van der Waals surface area contributed by atoms with E-state index in [1.807, 2.05) is 6.07 Å². The van der Waals surface area contributed by atoms with Gasteiger partial charge in [0, 0.05) is 6.54 Å². The van der Waals surface area contributed by atoms with Crippen LogP contribution in [0.2, 0.25) is 0 Å². The predicted octanol–water partition coefficient (Wildman–Crippen LogP) is 0.348. The van der Waals surface area contributed by atoms with E-state index in [0.29, 0.717) is 0 Å². The van der Waals surface area contributed by atoms with Gasteiger partial charge in [-0.15, -0.1) is 0 Å². The molecule has 0 aliphatic carbocycles. The van der Waals surface area contributed by atoms with Crippen molar-refractivity contribution in [3.8, 4) is 6.07 Å². The second-order valence-electron chi connectivity index (χ2n) is 4.68. The number of amides is 1. The molecule has 102 valence electrons. The van der Waals surface area contributed by atoms with Gasteiger partial charge in [-0.05, 0) is 26.0 Å². The highest BCUT2D eigenvalue weighted by Gasteiger charge is 2.28. The van der Waals surface area contributed by atoms with Gasteiger partial charge < -0.3 is 5.73 Å². The van der Waals surface area contributed by atoms with Crippen molar-refractivity contribution >= 4 is 15.9 Å². The number of hydrogen-bond donors (Lipinski definition) is 2. The van der Waals surface area contributed by atoms with E-state index in [1.165, 1.54) is 32.0 Å². The van der Waals surface area contributed by atoms with Crippen molar-refractivity contribution in [1.29, 1.82) is 5.26 Å². The third-order valence-electron chi connectivity index (χ3n) is 2.67. The van der Waals surface area contributed by atoms with E-state index < -0.39 is 21.3 Å². The summed E-state index contributed by atoms with van der Waals surface area (Å²) in [7, 11) is -3.85. The molecule has 0 radical (unpaired) electrons. The normalized spacial score (nSPS) is 11.8. The van der Waals surface area contributed by atoms with E-state index in [9.17, 15) is 13.2 Å². The van der Waals surface area contributed by atoms with Crippen LogP contribution in [0, 0.1) is 16.7 Å². The van der Waals surface area contributed by atoms with Gasteiger partial charge in [0.25, 0.3) is 0 Å². The number of carbonyl (C=O) groups excluding carboxylic acids is 1. The largest absolute Gasteiger partial charge is 0.369 e. The molecule has 7 heteroatoms. The standard InChI is InChI=1S/C12H15N3O3S/c1-12(2,11(14)16)8-15-19(17,18)10-6-4-3-5-9(10)7-13/h3-6,15H,8H2,1-2H3,(H2,14,16). The number of nitrogens with one attached hydrogen (secondary N) is 1. The van der Waals surface area contributed by atoms with E-state index >= 15 is 0 Å². The molecule has 1 aromatic rings. The van der Waals surface area contributed by atoms with Gasteiger partial charge in [-0.25, -0.2) is 13.1 Å². The Bertz CT molecular complexity index is 630. The maximum atomic E-state index is 12.1. The fourth-order valence-electron chi connectivity index (χ4n) is 1.23. The molecule has 1 rings (SSSR count). The maximum Gasteiger partial charge on any atom is 0.241 e. The topological polar surface area (TPSA) is 113 Å². The Hall–Kier alpha value is -1.91. The minimum Gasteiger partial charge on any atom is -0.369 e. The molecular formula is C12H15N3O3S. The summed E-state index contributed by atoms with van der Waals surface area (Å²) >= 11 is 0. The monoisotopic (exact) mass is 281 g/mol. The van der Waals surface area contributed by atoms with Gasteiger partial charge in [-0.3, -0.25) is 4.79 Å². The lowest BCUT2D eigenvalue weighted by Crippen LogP contribution is -2.42. The number of carbonyl (C=O) groups is 1. The average Bonchev–Trinajstić information content (AvgIpc) is 2.36. The highest BCUT2D eigenvalue weighted by atomic mass is 32.2. The Morgan fingerprint density at radius 1 is 1.42 bits per heavy atom. The Morgan fingerprint density at radius 3 is 2.53 bits per heavy atom. The lowest BCUT2D eigenvalue weighted by Gasteiger charge is -2.20. The van der Waals surface area contributed by atoms with Crippen LogP contribution < -0.4 is 10.5 Å². The van der Waals surface area contributed by atoms with Crippen LogP contribution in [-0.2, 0) is 14.8 Å². The molecule has 0 aliphatic rings. The number of primary amides is 1. The quantitative estimate of drug-likeness (QED) is 0.810. The number of nitrogens with zero attached hydrogens (tertiary/aromatic N) is 1. The molecule has 0 fully saturated rings. The molecule has 0 saturated heterocycles. The van der Waals surface area contributed by atoms with Crippen LogP contribution in [-0.4, -0.2) is 20.9 Å². The van der Waals surface area contributed by atoms with Gasteiger partial charge in [0.15, 0.2) is 0 Å². The third-order valence-corrected chi connectivity index (χ3v) is 4.13. The Morgan fingerprint density at radius 2 is 2.00 bits per heavy atom. The van der Waals surface area contributed by atoms with Gasteiger partial charge in [0.05, 0.1) is 15.9 Å². The van der Waals surface area contributed by atoms with E-state index in [0.717, 1.165) is 0 Å². The van der Waals surface area contributed by atoms with Crippen LogP contribution >= 0.6 is 0 Å². The summed E-state index contributed by atoms with van der Waals surface area (Å²) in [6.07, 6.45) is 0. The zero-order valence-corrected chi connectivity index (χ0v) is 11.5. The zero-order chi connectivity index (χ0) is 14.7. The van der Waals surface area contributed by atoms with Crippen molar-refractivity contribution in [1.82, 2.24) is 4.72 Å². The number of benzene rings is 1. The van der Waals surface area contributed by atoms with Crippen molar-refractivity contribution in [3.63, 3.8) is 0 Å². The molecular weight excluding hydrogens is 266 g/mol. The number of rotatable bonds is 5. The fraction of sp³-hybridized carbons (Fsp3) is 0.333. The highest BCUT2D eigenvalue weighted by molar-refractivity contribution is 7.89. The van der Waals surface area contributed by atoms with Crippen molar-refractivity contribution in [3.05, 3.63) is 29.8 Å². The van der Waals surface area contributed by atoms with Gasteiger partial charge in [0.1, 0.15) is 6.07 Å². The zero-order valence-electron chi connectivity index (χ0n) is 10.7. The van der Waals surface area contributed by atoms with Crippen molar-refractivity contribution < 1.29 is 13.2 Å². The van der Waals surface area contributed by atoms with Crippen LogP contribution in [0.1, 0.15) is 19.4 Å². The van der Waals surface area contributed by atoms with E-state index in [-0.39, 0.29) is 17.0 Å². The van der Waals surface area contributed by atoms with Gasteiger partial charge in [0.2, 0.25) is 15.9 Å². The smallest absolute Gasteiger partial charge is 0.241 e. The third kappa shape index (κ3) is 3.53.